The van der Waals surface area contributed by atoms with Crippen LogP contribution in [0.2, 0.25) is 0 Å². The Labute approximate surface area is 171 Å². The highest BCUT2D eigenvalue weighted by Gasteiger charge is 2.22. The van der Waals surface area contributed by atoms with Crippen molar-refractivity contribution in [1.82, 2.24) is 0 Å². The first-order chi connectivity index (χ1) is 14.1. The monoisotopic (exact) mass is 387 g/mol. The highest BCUT2D eigenvalue weighted by Crippen LogP contribution is 2.29. The second kappa shape index (κ2) is 7.40. The van der Waals surface area contributed by atoms with Gasteiger partial charge >= 0.3 is 0 Å². The molecule has 0 saturated heterocycles. The van der Waals surface area contributed by atoms with Crippen molar-refractivity contribution >= 4 is 16.3 Å². The molecule has 3 aromatic carbocycles. The van der Waals surface area contributed by atoms with Gasteiger partial charge in [0.2, 0.25) is 0 Å². The molecule has 0 spiro atoms. The van der Waals surface area contributed by atoms with Crippen LogP contribution in [0.25, 0.3) is 16.3 Å². The molecule has 1 aliphatic carbocycles. The number of hydrogen-bond acceptors (Lipinski definition) is 1. The lowest BCUT2D eigenvalue weighted by molar-refractivity contribution is -0.875. The van der Waals surface area contributed by atoms with Crippen LogP contribution in [0.15, 0.2) is 60.7 Å². The topological polar surface area (TPSA) is 23.1 Å². The van der Waals surface area contributed by atoms with E-state index < -0.39 is 0 Å². The molecular weight excluding hydrogens is 361 g/mol. The molecule has 0 bridgehead atoms. The van der Waals surface area contributed by atoms with Gasteiger partial charge in [-0.25, -0.2) is 4.39 Å². The van der Waals surface area contributed by atoms with Crippen LogP contribution in [-0.4, -0.2) is 24.3 Å². The van der Waals surface area contributed by atoms with Gasteiger partial charge in [0.15, 0.2) is 0 Å². The van der Waals surface area contributed by atoms with Gasteiger partial charge in [0.1, 0.15) is 5.82 Å². The third-order valence-corrected chi connectivity index (χ3v) is 6.58. The van der Waals surface area contributed by atoms with Crippen molar-refractivity contribution < 1.29 is 9.04 Å². The van der Waals surface area contributed by atoms with Crippen LogP contribution in [0.4, 0.5) is 4.39 Å². The number of benzene rings is 3. The van der Waals surface area contributed by atoms with Crippen LogP contribution in [0.3, 0.4) is 0 Å². The van der Waals surface area contributed by atoms with Crippen molar-refractivity contribution in [1.29, 1.82) is 0 Å². The Balaban J connectivity index is 1.28. The van der Waals surface area contributed by atoms with E-state index in [-0.39, 0.29) is 10.5 Å². The molecule has 0 fully saturated rings. The average molecular weight is 387 g/mol. The molecule has 5 rings (SSSR count). The van der Waals surface area contributed by atoms with E-state index in [9.17, 15) is 9.60 Å². The lowest BCUT2D eigenvalue weighted by Crippen LogP contribution is -2.46. The van der Waals surface area contributed by atoms with E-state index in [1.54, 1.807) is 12.1 Å². The van der Waals surface area contributed by atoms with Crippen molar-refractivity contribution in [2.45, 2.75) is 32.1 Å². The zero-order valence-electron chi connectivity index (χ0n) is 16.7. The molecule has 0 radical (unpaired) electrons. The van der Waals surface area contributed by atoms with E-state index in [0.29, 0.717) is 26.1 Å². The molecule has 0 aromatic heterocycles. The Hall–Kier alpha value is -2.49. The molecule has 0 N–H and O–H groups in total. The molecule has 2 nitrogen and oxygen atoms in total. The van der Waals surface area contributed by atoms with Gasteiger partial charge in [-0.3, -0.25) is 0 Å². The van der Waals surface area contributed by atoms with Crippen molar-refractivity contribution in [2.75, 3.05) is 19.6 Å². The number of hydroxylamine groups is 3. The second-order valence-electron chi connectivity index (χ2n) is 8.58. The maximum absolute atomic E-state index is 13.5. The lowest BCUT2D eigenvalue weighted by atomic mass is 9.98. The predicted octanol–water partition coefficient (Wildman–Crippen LogP) is 5.81. The number of halogens is 1. The molecule has 2 aliphatic rings. The second-order valence-corrected chi connectivity index (χ2v) is 8.58. The standard InChI is InChI=1S/C26H26FNO/c27-26-6-2-5-23(18-26)20-10-13-28(29,14-11-20)12-9-19-7-8-24-16-21-3-1-4-22(21)17-25(24)15-19/h2,5-8,10,15-18H,1,3-4,9,11-14H2. The van der Waals surface area contributed by atoms with Crippen LogP contribution in [-0.2, 0) is 19.3 Å². The van der Waals surface area contributed by atoms with Crippen molar-refractivity contribution in [3.63, 3.8) is 0 Å². The summed E-state index contributed by atoms with van der Waals surface area (Å²) < 4.78 is 13.3. The van der Waals surface area contributed by atoms with Crippen LogP contribution in [0.5, 0.6) is 0 Å². The molecule has 148 valence electrons. The van der Waals surface area contributed by atoms with Crippen molar-refractivity contribution in [3.05, 3.63) is 94.0 Å². The summed E-state index contributed by atoms with van der Waals surface area (Å²) in [4.78, 5) is 0. The van der Waals surface area contributed by atoms with Gasteiger partial charge in [-0.1, -0.05) is 42.5 Å². The maximum Gasteiger partial charge on any atom is 0.123 e. The van der Waals surface area contributed by atoms with Gasteiger partial charge in [0.05, 0.1) is 19.6 Å². The first-order valence-electron chi connectivity index (χ1n) is 10.6. The minimum absolute atomic E-state index is 0.193. The maximum atomic E-state index is 13.5. The SMILES string of the molecule is [O-][N+]1(CCc2ccc3cc4c(cc3c2)CCC4)CC=C(c2cccc(F)c2)CC1. The van der Waals surface area contributed by atoms with Crippen molar-refractivity contribution in [2.24, 2.45) is 0 Å². The average Bonchev–Trinajstić information content (AvgIpc) is 3.18. The molecule has 3 heteroatoms. The summed E-state index contributed by atoms with van der Waals surface area (Å²) in [5.41, 5.74) is 6.23. The molecule has 3 aromatic rings. The van der Waals surface area contributed by atoms with Gasteiger partial charge in [-0.05, 0) is 76.1 Å². The fraction of sp³-hybridized carbons (Fsp3) is 0.308. The quantitative estimate of drug-likeness (QED) is 0.409. The summed E-state index contributed by atoms with van der Waals surface area (Å²) in [7, 11) is 0. The minimum atomic E-state index is -0.223. The van der Waals surface area contributed by atoms with E-state index in [1.807, 2.05) is 12.1 Å². The normalized spacial score (nSPS) is 21.2. The molecule has 0 amide bonds. The molecule has 1 atom stereocenters. The first kappa shape index (κ1) is 18.5. The van der Waals surface area contributed by atoms with Gasteiger partial charge < -0.3 is 9.85 Å². The van der Waals surface area contributed by atoms with Crippen LogP contribution in [0.1, 0.15) is 35.1 Å². The molecule has 1 unspecified atom stereocenters. The Morgan fingerprint density at radius 1 is 0.897 bits per heavy atom. The molecular formula is C26H26FNO. The number of hydrogen-bond donors (Lipinski definition) is 0. The van der Waals surface area contributed by atoms with E-state index >= 15 is 0 Å². The fourth-order valence-electron chi connectivity index (χ4n) is 4.81. The predicted molar refractivity (Wildman–Crippen MR) is 117 cm³/mol. The summed E-state index contributed by atoms with van der Waals surface area (Å²) in [5, 5.41) is 15.8. The zero-order chi connectivity index (χ0) is 19.8. The number of fused-ring (bicyclic) bond motifs is 2. The summed E-state index contributed by atoms with van der Waals surface area (Å²) in [6.07, 6.45) is 7.16. The summed E-state index contributed by atoms with van der Waals surface area (Å²) >= 11 is 0. The number of aryl methyl sites for hydroxylation is 2. The lowest BCUT2D eigenvalue weighted by Gasteiger charge is -2.44. The first-order valence-corrected chi connectivity index (χ1v) is 10.6. The molecule has 0 saturated carbocycles. The zero-order valence-corrected chi connectivity index (χ0v) is 16.7. The Morgan fingerprint density at radius 2 is 1.72 bits per heavy atom. The highest BCUT2D eigenvalue weighted by molar-refractivity contribution is 5.85. The van der Waals surface area contributed by atoms with E-state index in [0.717, 1.165) is 17.6 Å². The smallest absolute Gasteiger partial charge is 0.123 e. The molecule has 29 heavy (non-hydrogen) atoms. The van der Waals surface area contributed by atoms with Crippen LogP contribution in [0, 0.1) is 11.0 Å². The summed E-state index contributed by atoms with van der Waals surface area (Å²) in [5.74, 6) is -0.223. The van der Waals surface area contributed by atoms with Gasteiger partial charge in [-0.2, -0.15) is 0 Å². The van der Waals surface area contributed by atoms with Crippen LogP contribution < -0.4 is 0 Å². The largest absolute Gasteiger partial charge is 0.633 e. The third kappa shape index (κ3) is 3.85. The van der Waals surface area contributed by atoms with Crippen LogP contribution >= 0.6 is 0 Å². The Kier molecular flexibility index (Phi) is 4.73. The van der Waals surface area contributed by atoms with Crippen molar-refractivity contribution in [3.8, 4) is 0 Å². The molecule has 1 aliphatic heterocycles. The van der Waals surface area contributed by atoms with E-state index in [4.69, 9.17) is 0 Å². The summed E-state index contributed by atoms with van der Waals surface area (Å²) in [6, 6.07) is 18.0. The number of rotatable bonds is 4. The summed E-state index contributed by atoms with van der Waals surface area (Å²) in [6.45, 7) is 1.61. The molecule has 1 heterocycles. The Bertz CT molecular complexity index is 1100. The number of nitrogens with zero attached hydrogens (tertiary/aromatic N) is 1. The van der Waals surface area contributed by atoms with Gasteiger partial charge in [0.25, 0.3) is 0 Å². The minimum Gasteiger partial charge on any atom is -0.633 e. The van der Waals surface area contributed by atoms with Gasteiger partial charge in [0, 0.05) is 12.8 Å². The van der Waals surface area contributed by atoms with E-state index in [1.165, 1.54) is 52.8 Å². The highest BCUT2D eigenvalue weighted by atomic mass is 19.1. The van der Waals surface area contributed by atoms with E-state index in [2.05, 4.69) is 30.3 Å². The fourth-order valence-corrected chi connectivity index (χ4v) is 4.81. The van der Waals surface area contributed by atoms with Gasteiger partial charge in [-0.15, -0.1) is 0 Å². The number of quaternary nitrogens is 1. The Morgan fingerprint density at radius 3 is 2.48 bits per heavy atom. The third-order valence-electron chi connectivity index (χ3n) is 6.58.